The number of aromatic nitrogens is 1. The Balaban J connectivity index is 1.52. The first kappa shape index (κ1) is 27.9. The van der Waals surface area contributed by atoms with Crippen LogP contribution in [0.2, 0.25) is 0 Å². The normalized spacial score (nSPS) is 11.0. The summed E-state index contributed by atoms with van der Waals surface area (Å²) < 4.78 is 18.8. The lowest BCUT2D eigenvalue weighted by Crippen LogP contribution is -2.46. The SMILES string of the molecule is COCCN(CC(=O)N(CCc1c[nH]c2ccccc12)Cc1ccc(F)cc1)C(=O)Nc1c(C)cccc1C. The van der Waals surface area contributed by atoms with E-state index in [0.29, 0.717) is 26.1 Å². The highest BCUT2D eigenvalue weighted by Crippen LogP contribution is 2.21. The van der Waals surface area contributed by atoms with E-state index in [2.05, 4.69) is 16.4 Å². The number of benzene rings is 3. The quantitative estimate of drug-likeness (QED) is 0.262. The molecular weight excluding hydrogens is 495 g/mol. The zero-order valence-electron chi connectivity index (χ0n) is 22.7. The fourth-order valence-electron chi connectivity index (χ4n) is 4.61. The molecule has 0 aliphatic carbocycles. The molecule has 39 heavy (non-hydrogen) atoms. The van der Waals surface area contributed by atoms with Crippen molar-refractivity contribution >= 4 is 28.5 Å². The van der Waals surface area contributed by atoms with Gasteiger partial charge in [-0.2, -0.15) is 0 Å². The van der Waals surface area contributed by atoms with Crippen LogP contribution in [0.5, 0.6) is 0 Å². The molecular formula is C31H35FN4O3. The fraction of sp³-hybridized carbons (Fsp3) is 0.290. The number of rotatable bonds is 11. The van der Waals surface area contributed by atoms with Crippen molar-refractivity contribution in [3.05, 3.63) is 101 Å². The number of halogens is 1. The number of nitrogens with zero attached hydrogens (tertiary/aromatic N) is 2. The predicted molar refractivity (Wildman–Crippen MR) is 152 cm³/mol. The molecule has 1 aromatic heterocycles. The van der Waals surface area contributed by atoms with Crippen LogP contribution < -0.4 is 5.32 Å². The fourth-order valence-corrected chi connectivity index (χ4v) is 4.61. The van der Waals surface area contributed by atoms with Gasteiger partial charge in [-0.3, -0.25) is 4.79 Å². The van der Waals surface area contributed by atoms with E-state index in [4.69, 9.17) is 4.74 Å². The van der Waals surface area contributed by atoms with Crippen LogP contribution >= 0.6 is 0 Å². The van der Waals surface area contributed by atoms with E-state index in [1.807, 2.05) is 56.4 Å². The Kier molecular flexibility index (Phi) is 9.33. The third-order valence-electron chi connectivity index (χ3n) is 6.86. The number of ether oxygens (including phenoxy) is 1. The highest BCUT2D eigenvalue weighted by Gasteiger charge is 2.23. The second-order valence-corrected chi connectivity index (χ2v) is 9.66. The van der Waals surface area contributed by atoms with E-state index in [0.717, 1.165) is 38.8 Å². The molecule has 3 aromatic carbocycles. The maximum absolute atomic E-state index is 13.7. The van der Waals surface area contributed by atoms with Crippen LogP contribution in [-0.2, 0) is 22.5 Å². The maximum Gasteiger partial charge on any atom is 0.322 e. The zero-order valence-corrected chi connectivity index (χ0v) is 22.7. The molecule has 2 N–H and O–H groups in total. The van der Waals surface area contributed by atoms with Gasteiger partial charge in [-0.25, -0.2) is 9.18 Å². The Morgan fingerprint density at radius 2 is 1.64 bits per heavy atom. The molecule has 0 atom stereocenters. The summed E-state index contributed by atoms with van der Waals surface area (Å²) in [4.78, 5) is 33.5. The molecule has 204 valence electrons. The van der Waals surface area contributed by atoms with Gasteiger partial charge in [-0.15, -0.1) is 0 Å². The van der Waals surface area contributed by atoms with Crippen molar-refractivity contribution in [2.24, 2.45) is 0 Å². The number of fused-ring (bicyclic) bond motifs is 1. The Morgan fingerprint density at radius 1 is 0.923 bits per heavy atom. The number of nitrogens with one attached hydrogen (secondary N) is 2. The van der Waals surface area contributed by atoms with Gasteiger partial charge >= 0.3 is 6.03 Å². The number of aromatic amines is 1. The second kappa shape index (κ2) is 13.1. The summed E-state index contributed by atoms with van der Waals surface area (Å²) in [6, 6.07) is 19.6. The number of anilines is 1. The van der Waals surface area contributed by atoms with Gasteiger partial charge in [0, 0.05) is 49.5 Å². The molecule has 0 saturated heterocycles. The van der Waals surface area contributed by atoms with E-state index in [-0.39, 0.29) is 30.8 Å². The number of amides is 3. The van der Waals surface area contributed by atoms with Crippen molar-refractivity contribution < 1.29 is 18.7 Å². The van der Waals surface area contributed by atoms with E-state index >= 15 is 0 Å². The number of hydrogen-bond donors (Lipinski definition) is 2. The van der Waals surface area contributed by atoms with Crippen LogP contribution in [-0.4, -0.2) is 60.1 Å². The molecule has 8 heteroatoms. The third-order valence-corrected chi connectivity index (χ3v) is 6.86. The Labute approximate surface area is 228 Å². The van der Waals surface area contributed by atoms with Gasteiger partial charge < -0.3 is 24.8 Å². The number of carbonyl (C=O) groups excluding carboxylic acids is 2. The van der Waals surface area contributed by atoms with E-state index < -0.39 is 0 Å². The van der Waals surface area contributed by atoms with Gasteiger partial charge in [0.15, 0.2) is 0 Å². The van der Waals surface area contributed by atoms with Gasteiger partial charge in [0.25, 0.3) is 0 Å². The van der Waals surface area contributed by atoms with Crippen molar-refractivity contribution in [2.45, 2.75) is 26.8 Å². The molecule has 1 heterocycles. The molecule has 0 spiro atoms. The average molecular weight is 531 g/mol. The first-order chi connectivity index (χ1) is 18.9. The van der Waals surface area contributed by atoms with Crippen LogP contribution in [0.4, 0.5) is 14.9 Å². The highest BCUT2D eigenvalue weighted by molar-refractivity contribution is 5.93. The van der Waals surface area contributed by atoms with Crippen molar-refractivity contribution in [3.63, 3.8) is 0 Å². The topological polar surface area (TPSA) is 77.7 Å². The van der Waals surface area contributed by atoms with Crippen molar-refractivity contribution in [1.82, 2.24) is 14.8 Å². The Morgan fingerprint density at radius 3 is 2.36 bits per heavy atom. The maximum atomic E-state index is 13.7. The number of methoxy groups -OCH3 is 1. The standard InChI is InChI=1S/C31H35FN4O3/c1-22-7-6-8-23(2)30(22)34-31(38)36(17-18-39-3)21-29(37)35(20-24-11-13-26(32)14-12-24)16-15-25-19-33-28-10-5-4-9-27(25)28/h4-14,19,33H,15-18,20-21H2,1-3H3,(H,34,38). The second-order valence-electron chi connectivity index (χ2n) is 9.66. The van der Waals surface area contributed by atoms with Crippen molar-refractivity contribution in [2.75, 3.05) is 38.7 Å². The van der Waals surface area contributed by atoms with Crippen LogP contribution in [0.1, 0.15) is 22.3 Å². The summed E-state index contributed by atoms with van der Waals surface area (Å²) >= 11 is 0. The van der Waals surface area contributed by atoms with E-state index in [1.54, 1.807) is 24.1 Å². The van der Waals surface area contributed by atoms with Crippen LogP contribution in [0.15, 0.2) is 72.9 Å². The lowest BCUT2D eigenvalue weighted by atomic mass is 10.1. The predicted octanol–water partition coefficient (Wildman–Crippen LogP) is 5.68. The third kappa shape index (κ3) is 7.23. The molecule has 0 aliphatic heterocycles. The highest BCUT2D eigenvalue weighted by atomic mass is 19.1. The smallest absolute Gasteiger partial charge is 0.322 e. The number of aryl methyl sites for hydroxylation is 2. The van der Waals surface area contributed by atoms with Gasteiger partial charge in [0.1, 0.15) is 12.4 Å². The number of hydrogen-bond acceptors (Lipinski definition) is 3. The number of carbonyl (C=O) groups is 2. The summed E-state index contributed by atoms with van der Waals surface area (Å²) in [7, 11) is 1.56. The van der Waals surface area contributed by atoms with Gasteiger partial charge in [-0.1, -0.05) is 48.5 Å². The zero-order chi connectivity index (χ0) is 27.8. The lowest BCUT2D eigenvalue weighted by Gasteiger charge is -2.28. The van der Waals surface area contributed by atoms with E-state index in [1.165, 1.54) is 17.0 Å². The largest absolute Gasteiger partial charge is 0.383 e. The number of H-pyrrole nitrogens is 1. The monoisotopic (exact) mass is 530 g/mol. The minimum Gasteiger partial charge on any atom is -0.383 e. The Hall–Kier alpha value is -4.17. The molecule has 3 amide bonds. The molecule has 0 saturated carbocycles. The average Bonchev–Trinajstić information content (AvgIpc) is 3.35. The van der Waals surface area contributed by atoms with Gasteiger partial charge in [-0.05, 0) is 60.7 Å². The number of para-hydroxylation sites is 2. The first-order valence-corrected chi connectivity index (χ1v) is 13.0. The van der Waals surface area contributed by atoms with Crippen molar-refractivity contribution in [3.8, 4) is 0 Å². The van der Waals surface area contributed by atoms with Gasteiger partial charge in [0.05, 0.1) is 6.61 Å². The van der Waals surface area contributed by atoms with Gasteiger partial charge in [0.2, 0.25) is 5.91 Å². The molecule has 0 radical (unpaired) electrons. The minimum atomic E-state index is -0.365. The molecule has 0 bridgehead atoms. The number of urea groups is 1. The molecule has 4 rings (SSSR count). The van der Waals surface area contributed by atoms with Crippen LogP contribution in [0.3, 0.4) is 0 Å². The minimum absolute atomic E-state index is 0.116. The summed E-state index contributed by atoms with van der Waals surface area (Å²) in [6.07, 6.45) is 2.59. The Bertz CT molecular complexity index is 1400. The summed E-state index contributed by atoms with van der Waals surface area (Å²) in [5.74, 6) is -0.531. The summed E-state index contributed by atoms with van der Waals surface area (Å²) in [5, 5.41) is 4.09. The molecule has 4 aromatic rings. The molecule has 0 aliphatic rings. The van der Waals surface area contributed by atoms with E-state index in [9.17, 15) is 14.0 Å². The molecule has 0 unspecified atom stereocenters. The lowest BCUT2D eigenvalue weighted by molar-refractivity contribution is -0.132. The molecule has 7 nitrogen and oxygen atoms in total. The first-order valence-electron chi connectivity index (χ1n) is 13.0. The summed E-state index contributed by atoms with van der Waals surface area (Å²) in [5.41, 5.74) is 5.58. The van der Waals surface area contributed by atoms with Crippen molar-refractivity contribution in [1.29, 1.82) is 0 Å². The summed E-state index contributed by atoms with van der Waals surface area (Å²) in [6.45, 7) is 5.04. The molecule has 0 fully saturated rings. The van der Waals surface area contributed by atoms with Crippen LogP contribution in [0.25, 0.3) is 10.9 Å². The van der Waals surface area contributed by atoms with Crippen LogP contribution in [0, 0.1) is 19.7 Å².